The first-order chi connectivity index (χ1) is 18.8. The first-order valence-electron chi connectivity index (χ1n) is 14.8. The van der Waals surface area contributed by atoms with Gasteiger partial charge in [-0.15, -0.1) is 0 Å². The van der Waals surface area contributed by atoms with Gasteiger partial charge in [-0.25, -0.2) is 4.98 Å². The molecule has 39 heavy (non-hydrogen) atoms. The van der Waals surface area contributed by atoms with E-state index in [1.165, 1.54) is 49.7 Å². The summed E-state index contributed by atoms with van der Waals surface area (Å²) in [7, 11) is 0. The van der Waals surface area contributed by atoms with Crippen LogP contribution in [-0.4, -0.2) is 10.1 Å². The normalized spacial score (nSPS) is 25.7. The summed E-state index contributed by atoms with van der Waals surface area (Å²) in [5, 5.41) is 12.2. The van der Waals surface area contributed by atoms with Crippen molar-refractivity contribution in [3.8, 4) is 39.4 Å². The number of benzene rings is 3. The van der Waals surface area contributed by atoms with Crippen molar-refractivity contribution >= 4 is 0 Å². The Kier molecular flexibility index (Phi) is 5.74. The van der Waals surface area contributed by atoms with Crippen LogP contribution < -0.4 is 0 Å². The Labute approximate surface area is 233 Å². The summed E-state index contributed by atoms with van der Waals surface area (Å²) < 4.78 is 0. The zero-order valence-corrected chi connectivity index (χ0v) is 23.5. The summed E-state index contributed by atoms with van der Waals surface area (Å²) >= 11 is 0. The number of aromatic nitrogens is 1. The lowest BCUT2D eigenvalue weighted by atomic mass is 9.47. The summed E-state index contributed by atoms with van der Waals surface area (Å²) in [6.45, 7) is 6.89. The van der Waals surface area contributed by atoms with E-state index in [-0.39, 0.29) is 10.8 Å². The van der Waals surface area contributed by atoms with Gasteiger partial charge in [0.15, 0.2) is 0 Å². The number of aromatic hydroxyl groups is 1. The fourth-order valence-electron chi connectivity index (χ4n) is 8.41. The quantitative estimate of drug-likeness (QED) is 0.295. The molecule has 4 fully saturated rings. The molecule has 4 bridgehead atoms. The van der Waals surface area contributed by atoms with E-state index >= 15 is 0 Å². The molecular formula is C37H39NO. The third-order valence-electron chi connectivity index (χ3n) is 9.90. The molecule has 4 saturated carbocycles. The molecule has 1 heterocycles. The highest BCUT2D eigenvalue weighted by Crippen LogP contribution is 2.62. The number of pyridine rings is 1. The lowest BCUT2D eigenvalue weighted by Gasteiger charge is -2.57. The molecule has 1 N–H and O–H groups in total. The van der Waals surface area contributed by atoms with Crippen LogP contribution in [-0.2, 0) is 10.8 Å². The third-order valence-corrected chi connectivity index (χ3v) is 9.90. The monoisotopic (exact) mass is 513 g/mol. The van der Waals surface area contributed by atoms with Gasteiger partial charge in [0.05, 0.1) is 11.4 Å². The van der Waals surface area contributed by atoms with E-state index in [4.69, 9.17) is 4.98 Å². The highest BCUT2D eigenvalue weighted by Gasteiger charge is 2.52. The van der Waals surface area contributed by atoms with Gasteiger partial charge in [-0.2, -0.15) is 0 Å². The van der Waals surface area contributed by atoms with E-state index in [1.807, 2.05) is 6.07 Å². The number of nitrogens with zero attached hydrogens (tertiary/aromatic N) is 1. The molecule has 0 radical (unpaired) electrons. The number of hydrogen-bond donors (Lipinski definition) is 1. The van der Waals surface area contributed by atoms with Crippen molar-refractivity contribution in [2.45, 2.75) is 70.1 Å². The SMILES string of the molecule is CC(C)(C)c1cc(-c2ccccc2-c2cccc(-c3ccccc3)n2)c(O)c(C23CC4CC(CC(C4)C2)C3)c1. The first-order valence-corrected chi connectivity index (χ1v) is 14.8. The number of phenolic OH excluding ortho intramolecular Hbond substituents is 1. The van der Waals surface area contributed by atoms with Gasteiger partial charge in [0.1, 0.15) is 5.75 Å². The Morgan fingerprint density at radius 3 is 1.90 bits per heavy atom. The van der Waals surface area contributed by atoms with E-state index in [1.54, 1.807) is 0 Å². The predicted octanol–water partition coefficient (Wildman–Crippen LogP) is 9.55. The van der Waals surface area contributed by atoms with Crippen molar-refractivity contribution in [1.29, 1.82) is 0 Å². The Balaban J connectivity index is 1.40. The van der Waals surface area contributed by atoms with Gasteiger partial charge in [-0.1, -0.05) is 87.5 Å². The van der Waals surface area contributed by atoms with Gasteiger partial charge >= 0.3 is 0 Å². The lowest BCUT2D eigenvalue weighted by molar-refractivity contribution is -0.00615. The van der Waals surface area contributed by atoms with Gasteiger partial charge < -0.3 is 5.11 Å². The summed E-state index contributed by atoms with van der Waals surface area (Å²) in [5.74, 6) is 2.98. The van der Waals surface area contributed by atoms with Crippen molar-refractivity contribution in [1.82, 2.24) is 4.98 Å². The van der Waals surface area contributed by atoms with Crippen molar-refractivity contribution in [3.05, 3.63) is 96.1 Å². The van der Waals surface area contributed by atoms with Crippen LogP contribution in [0.5, 0.6) is 5.75 Å². The second-order valence-corrected chi connectivity index (χ2v) is 13.7. The van der Waals surface area contributed by atoms with E-state index in [2.05, 4.69) is 99.6 Å². The lowest BCUT2D eigenvalue weighted by Crippen LogP contribution is -2.48. The molecule has 0 spiro atoms. The van der Waals surface area contributed by atoms with Crippen LogP contribution in [0.15, 0.2) is 84.9 Å². The maximum absolute atomic E-state index is 12.2. The fourth-order valence-corrected chi connectivity index (χ4v) is 8.41. The zero-order chi connectivity index (χ0) is 26.8. The molecule has 1 aromatic heterocycles. The first kappa shape index (κ1) is 24.6. The Hall–Kier alpha value is -3.39. The standard InChI is InChI=1S/C37H39NO/c1-36(2,3)28-19-31(35(39)32(20-28)37-21-24-16-25(22-37)18-26(17-24)23-37)29-12-7-8-13-30(29)34-15-9-14-33(38-34)27-10-5-4-6-11-27/h4-15,19-20,24-26,39H,16-18,21-23H2,1-3H3. The highest BCUT2D eigenvalue weighted by atomic mass is 16.3. The van der Waals surface area contributed by atoms with Gasteiger partial charge in [-0.05, 0) is 96.4 Å². The minimum Gasteiger partial charge on any atom is -0.507 e. The number of hydrogen-bond acceptors (Lipinski definition) is 2. The zero-order valence-electron chi connectivity index (χ0n) is 23.5. The Morgan fingerprint density at radius 1 is 0.667 bits per heavy atom. The predicted molar refractivity (Wildman–Crippen MR) is 161 cm³/mol. The third kappa shape index (κ3) is 4.29. The smallest absolute Gasteiger partial charge is 0.127 e. The largest absolute Gasteiger partial charge is 0.507 e. The van der Waals surface area contributed by atoms with E-state index in [0.29, 0.717) is 5.75 Å². The Bertz CT molecular complexity index is 1490. The van der Waals surface area contributed by atoms with Crippen LogP contribution in [0.2, 0.25) is 0 Å². The second-order valence-electron chi connectivity index (χ2n) is 13.7. The van der Waals surface area contributed by atoms with Crippen molar-refractivity contribution in [2.75, 3.05) is 0 Å². The summed E-state index contributed by atoms with van der Waals surface area (Å²) in [4.78, 5) is 5.10. The highest BCUT2D eigenvalue weighted by molar-refractivity contribution is 5.86. The second kappa shape index (κ2) is 9.08. The molecule has 3 aromatic carbocycles. The van der Waals surface area contributed by atoms with Gasteiger partial charge in [-0.3, -0.25) is 0 Å². The maximum atomic E-state index is 12.2. The molecule has 4 aliphatic rings. The van der Waals surface area contributed by atoms with Crippen LogP contribution in [0.4, 0.5) is 0 Å². The van der Waals surface area contributed by atoms with Crippen molar-refractivity contribution < 1.29 is 5.11 Å². The van der Waals surface area contributed by atoms with Crippen LogP contribution in [0.1, 0.15) is 70.4 Å². The minimum absolute atomic E-state index is 0.0140. The average Bonchev–Trinajstić information content (AvgIpc) is 2.92. The van der Waals surface area contributed by atoms with Crippen LogP contribution in [0.25, 0.3) is 33.6 Å². The van der Waals surface area contributed by atoms with E-state index < -0.39 is 0 Å². The molecular weight excluding hydrogens is 474 g/mol. The fraction of sp³-hybridized carbons (Fsp3) is 0.378. The maximum Gasteiger partial charge on any atom is 0.127 e. The van der Waals surface area contributed by atoms with Gasteiger partial charge in [0.2, 0.25) is 0 Å². The summed E-state index contributed by atoms with van der Waals surface area (Å²) in [6.07, 6.45) is 7.92. The van der Waals surface area contributed by atoms with E-state index in [0.717, 1.165) is 51.4 Å². The molecule has 0 saturated heterocycles. The molecule has 0 aliphatic heterocycles. The summed E-state index contributed by atoms with van der Waals surface area (Å²) in [6, 6.07) is 29.7. The van der Waals surface area contributed by atoms with Crippen molar-refractivity contribution in [3.63, 3.8) is 0 Å². The van der Waals surface area contributed by atoms with E-state index in [9.17, 15) is 5.11 Å². The Morgan fingerprint density at radius 2 is 1.26 bits per heavy atom. The van der Waals surface area contributed by atoms with Crippen LogP contribution in [0.3, 0.4) is 0 Å². The molecule has 2 heteroatoms. The van der Waals surface area contributed by atoms with Gasteiger partial charge in [0.25, 0.3) is 0 Å². The summed E-state index contributed by atoms with van der Waals surface area (Å²) in [5.41, 5.74) is 8.71. The molecule has 4 aliphatic carbocycles. The number of rotatable bonds is 4. The molecule has 0 unspecified atom stereocenters. The average molecular weight is 514 g/mol. The molecule has 4 aromatic rings. The molecule has 2 nitrogen and oxygen atoms in total. The molecule has 0 amide bonds. The van der Waals surface area contributed by atoms with Crippen molar-refractivity contribution in [2.24, 2.45) is 17.8 Å². The van der Waals surface area contributed by atoms with Gasteiger partial charge in [0, 0.05) is 22.3 Å². The topological polar surface area (TPSA) is 33.1 Å². The molecule has 0 atom stereocenters. The van der Waals surface area contributed by atoms with Crippen LogP contribution >= 0.6 is 0 Å². The molecule has 8 rings (SSSR count). The molecule has 198 valence electrons. The minimum atomic E-state index is -0.0140. The number of phenols is 1. The van der Waals surface area contributed by atoms with Crippen LogP contribution in [0, 0.1) is 17.8 Å².